The molecule has 23 heteroatoms. The normalized spacial score (nSPS) is 12.0. The van der Waals surface area contributed by atoms with Crippen molar-refractivity contribution in [1.82, 2.24) is 21.3 Å². The number of rotatable bonds is 28. The van der Waals surface area contributed by atoms with E-state index in [0.29, 0.717) is 22.3 Å². The molecule has 0 aliphatic carbocycles. The summed E-state index contributed by atoms with van der Waals surface area (Å²) < 4.78 is 10.7. The van der Waals surface area contributed by atoms with Gasteiger partial charge in [0, 0.05) is 25.9 Å². The van der Waals surface area contributed by atoms with E-state index in [2.05, 4.69) is 40.8 Å². The van der Waals surface area contributed by atoms with Crippen LogP contribution in [0.1, 0.15) is 47.9 Å². The third-order valence-corrected chi connectivity index (χ3v) is 10.5. The van der Waals surface area contributed by atoms with Crippen molar-refractivity contribution in [2.45, 2.75) is 75.9 Å². The van der Waals surface area contributed by atoms with Crippen molar-refractivity contribution in [3.05, 3.63) is 155 Å². The molecule has 4 aromatic carbocycles. The lowest BCUT2D eigenvalue weighted by Gasteiger charge is -2.22. The fourth-order valence-electron chi connectivity index (χ4n) is 6.88. The first-order chi connectivity index (χ1) is 34.7. The summed E-state index contributed by atoms with van der Waals surface area (Å²) in [6.07, 6.45) is -2.82. The topological polar surface area (TPSA) is 388 Å². The maximum Gasteiger partial charge on any atom is 0.415 e. The number of ether oxygens (including phenoxy) is 2. The summed E-state index contributed by atoms with van der Waals surface area (Å²) >= 11 is 0. The Balaban J connectivity index is 1.61. The van der Waals surface area contributed by atoms with Crippen LogP contribution in [0.3, 0.4) is 0 Å². The van der Waals surface area contributed by atoms with Crippen LogP contribution in [0.5, 0.6) is 0 Å². The number of nitrogens with zero attached hydrogens (tertiary/aromatic N) is 6. The van der Waals surface area contributed by atoms with E-state index in [1.807, 2.05) is 0 Å². The highest BCUT2D eigenvalue weighted by Gasteiger charge is 2.47. The Morgan fingerprint density at radius 2 is 0.792 bits per heavy atom. The Morgan fingerprint density at radius 3 is 1.10 bits per heavy atom. The fraction of sp³-hybridized carbons (Fsp3) is 0.286. The summed E-state index contributed by atoms with van der Waals surface area (Å²) in [6, 6.07) is 28.3. The molecule has 4 amide bonds. The molecule has 0 bridgehead atoms. The molecule has 0 aliphatic rings. The minimum absolute atomic E-state index is 0.0147. The molecule has 0 aliphatic heterocycles. The van der Waals surface area contributed by atoms with Crippen LogP contribution in [0.4, 0.5) is 9.59 Å². The number of hydrogen-bond donors (Lipinski definition) is 8. The third kappa shape index (κ3) is 19.0. The van der Waals surface area contributed by atoms with E-state index in [1.54, 1.807) is 121 Å². The van der Waals surface area contributed by atoms with Gasteiger partial charge in [-0.3, -0.25) is 34.0 Å². The number of amides is 4. The lowest BCUT2D eigenvalue weighted by Crippen LogP contribution is -2.56. The van der Waals surface area contributed by atoms with Gasteiger partial charge in [0.25, 0.3) is 11.6 Å². The highest BCUT2D eigenvalue weighted by Crippen LogP contribution is 2.11. The zero-order chi connectivity index (χ0) is 52.3. The van der Waals surface area contributed by atoms with Crippen LogP contribution in [0, 0.1) is 0 Å². The van der Waals surface area contributed by atoms with Gasteiger partial charge in [-0.05, 0) is 47.9 Å². The number of hydrogen-bond acceptors (Lipinski definition) is 11. The standard InChI is InChI=1S/C49H56N14O9/c50-46(51)56-25-13-23-35(58-44(67)37(27-31-15-5-1-6-16-31)60-48(69)71-29-33-19-9-3-10-20-33)41(64)39(62-54)43(66)40(63-55)42(65)36(24-14-26-57-47(52)53)59-45(68)38(28-32-17-7-2-8-18-32)61-49(70)72-30-34-21-11-4-12-22-34/h1-12,15-22,35-38H,13-14,23-30H2,(H,58,67)(H,59,68)(H,60,69)(H,61,70)(H4,50,51,56)(H4,52,53,57)/t35-,36-,37-,38-/m0/s1. The second-order valence-corrected chi connectivity index (χ2v) is 15.9. The highest BCUT2D eigenvalue weighted by molar-refractivity contribution is 6.87. The van der Waals surface area contributed by atoms with Gasteiger partial charge in [-0.25, -0.2) is 9.59 Å². The van der Waals surface area contributed by atoms with Crippen molar-refractivity contribution >= 4 is 64.7 Å². The largest absolute Gasteiger partial charge is 0.445 e. The minimum Gasteiger partial charge on any atom is -0.445 e. The number of carbonyl (C=O) groups is 7. The summed E-state index contributed by atoms with van der Waals surface area (Å²) in [4.78, 5) is 110. The average Bonchev–Trinajstić information content (AvgIpc) is 3.37. The number of alkyl carbamates (subject to hydrolysis) is 2. The summed E-state index contributed by atoms with van der Waals surface area (Å²) in [5.74, 6) is -6.92. The van der Waals surface area contributed by atoms with Gasteiger partial charge in [0.05, 0.1) is 0 Å². The number of guanidine groups is 2. The van der Waals surface area contributed by atoms with Crippen molar-refractivity contribution in [2.24, 2.45) is 32.9 Å². The van der Waals surface area contributed by atoms with Crippen LogP contribution in [0.15, 0.2) is 131 Å². The monoisotopic (exact) mass is 984 g/mol. The number of ketones is 3. The van der Waals surface area contributed by atoms with E-state index in [0.717, 1.165) is 0 Å². The van der Waals surface area contributed by atoms with Gasteiger partial charge in [0.15, 0.2) is 11.9 Å². The quantitative estimate of drug-likeness (QED) is 0.00991. The van der Waals surface area contributed by atoms with E-state index < -0.39 is 76.9 Å². The van der Waals surface area contributed by atoms with E-state index in [1.165, 1.54) is 0 Å². The molecule has 4 aromatic rings. The number of aliphatic imine (C=N–C) groups is 2. The molecule has 0 fully saturated rings. The summed E-state index contributed by atoms with van der Waals surface area (Å²) in [6.45, 7) is -0.431. The van der Waals surface area contributed by atoms with Crippen molar-refractivity contribution < 1.29 is 52.6 Å². The van der Waals surface area contributed by atoms with Crippen LogP contribution in [0.25, 0.3) is 11.1 Å². The number of Topliss-reactive ketones (excluding diaryl/α,β-unsaturated/α-hetero) is 3. The van der Waals surface area contributed by atoms with Gasteiger partial charge < -0.3 is 64.7 Å². The van der Waals surface area contributed by atoms with Gasteiger partial charge in [-0.15, -0.1) is 0 Å². The van der Waals surface area contributed by atoms with E-state index in [-0.39, 0.29) is 76.7 Å². The first kappa shape index (κ1) is 55.3. The molecule has 12 N–H and O–H groups in total. The van der Waals surface area contributed by atoms with Crippen LogP contribution >= 0.6 is 0 Å². The number of nitrogens with one attached hydrogen (secondary N) is 4. The van der Waals surface area contributed by atoms with Crippen LogP contribution in [0.2, 0.25) is 0 Å². The molecule has 23 nitrogen and oxygen atoms in total. The SMILES string of the molecule is [N-]=[N+]=C(C(=O)C(=[N+]=[N-])C(=O)[C@H](CCCN=C(N)N)NC(=O)[C@H](Cc1ccccc1)NC(=O)OCc1ccccc1)C(=O)[C@H](CCCN=C(N)N)NC(=O)[C@H](Cc1ccccc1)NC(=O)OCc1ccccc1. The first-order valence-electron chi connectivity index (χ1n) is 22.5. The molecule has 72 heavy (non-hydrogen) atoms. The first-order valence-corrected chi connectivity index (χ1v) is 22.5. The Hall–Kier alpha value is -9.33. The molecular formula is C49H56N14O9. The average molecular weight is 985 g/mol. The predicted molar refractivity (Wildman–Crippen MR) is 263 cm³/mol. The summed E-state index contributed by atoms with van der Waals surface area (Å²) in [7, 11) is 0. The lowest BCUT2D eigenvalue weighted by molar-refractivity contribution is -0.131. The molecule has 0 spiro atoms. The van der Waals surface area contributed by atoms with Gasteiger partial charge in [-0.1, -0.05) is 121 Å². The van der Waals surface area contributed by atoms with Crippen molar-refractivity contribution in [3.63, 3.8) is 0 Å². The molecule has 0 saturated carbocycles. The molecular weight excluding hydrogens is 929 g/mol. The highest BCUT2D eigenvalue weighted by atomic mass is 16.6. The number of carbonyl (C=O) groups excluding carboxylic acids is 7. The smallest absolute Gasteiger partial charge is 0.415 e. The van der Waals surface area contributed by atoms with Crippen molar-refractivity contribution in [3.8, 4) is 0 Å². The lowest BCUT2D eigenvalue weighted by atomic mass is 9.93. The van der Waals surface area contributed by atoms with E-state index in [9.17, 15) is 44.6 Å². The molecule has 0 saturated heterocycles. The summed E-state index contributed by atoms with van der Waals surface area (Å²) in [5, 5.41) is 9.97. The summed E-state index contributed by atoms with van der Waals surface area (Å²) in [5.41, 5.74) is 42.1. The second kappa shape index (κ2) is 29.5. The van der Waals surface area contributed by atoms with Crippen molar-refractivity contribution in [2.75, 3.05) is 13.1 Å². The molecule has 4 atom stereocenters. The predicted octanol–water partition coefficient (Wildman–Crippen LogP) is 1.19. The van der Waals surface area contributed by atoms with Crippen LogP contribution in [-0.2, 0) is 59.5 Å². The van der Waals surface area contributed by atoms with Gasteiger partial charge in [-0.2, -0.15) is 9.58 Å². The van der Waals surface area contributed by atoms with E-state index >= 15 is 0 Å². The number of nitrogens with two attached hydrogens (primary N) is 4. The maximum absolute atomic E-state index is 14.3. The zero-order valence-corrected chi connectivity index (χ0v) is 39.1. The molecule has 0 unspecified atom stereocenters. The Kier molecular flexibility index (Phi) is 22.7. The third-order valence-electron chi connectivity index (χ3n) is 10.5. The van der Waals surface area contributed by atoms with E-state index in [4.69, 9.17) is 32.4 Å². The van der Waals surface area contributed by atoms with Crippen LogP contribution < -0.4 is 44.2 Å². The molecule has 376 valence electrons. The van der Waals surface area contributed by atoms with Crippen LogP contribution in [-0.4, -0.2) is 112 Å². The zero-order valence-electron chi connectivity index (χ0n) is 39.1. The molecule has 0 radical (unpaired) electrons. The minimum atomic E-state index is -1.72. The number of benzene rings is 4. The molecule has 0 aromatic heterocycles. The Morgan fingerprint density at radius 1 is 0.472 bits per heavy atom. The molecule has 0 heterocycles. The van der Waals surface area contributed by atoms with Gasteiger partial charge in [0.2, 0.25) is 11.8 Å². The van der Waals surface area contributed by atoms with Gasteiger partial charge in [0.1, 0.15) is 37.4 Å². The Labute approximate surface area is 414 Å². The molecule has 4 rings (SSSR count). The van der Waals surface area contributed by atoms with Crippen molar-refractivity contribution in [1.29, 1.82) is 0 Å². The van der Waals surface area contributed by atoms with Gasteiger partial charge >= 0.3 is 29.4 Å². The second-order valence-electron chi connectivity index (χ2n) is 15.9. The Bertz CT molecular complexity index is 2470. The maximum atomic E-state index is 14.3. The fourth-order valence-corrected chi connectivity index (χ4v) is 6.88.